The fourth-order valence-corrected chi connectivity index (χ4v) is 2.17. The van der Waals surface area contributed by atoms with E-state index in [1.807, 2.05) is 7.05 Å². The van der Waals surface area contributed by atoms with Crippen molar-refractivity contribution >= 4 is 5.91 Å². The van der Waals surface area contributed by atoms with Crippen LogP contribution in [-0.2, 0) is 9.53 Å². The van der Waals surface area contributed by atoms with Gasteiger partial charge in [-0.15, -0.1) is 0 Å². The van der Waals surface area contributed by atoms with Gasteiger partial charge in [0.2, 0.25) is 5.91 Å². The van der Waals surface area contributed by atoms with Gasteiger partial charge in [-0.25, -0.2) is 0 Å². The molecule has 5 nitrogen and oxygen atoms in total. The van der Waals surface area contributed by atoms with Gasteiger partial charge in [-0.3, -0.25) is 4.79 Å². The van der Waals surface area contributed by atoms with Crippen molar-refractivity contribution in [2.24, 2.45) is 0 Å². The van der Waals surface area contributed by atoms with Gasteiger partial charge >= 0.3 is 0 Å². The van der Waals surface area contributed by atoms with Crippen molar-refractivity contribution in [2.45, 2.75) is 31.7 Å². The number of hydrogen-bond acceptors (Lipinski definition) is 4. The highest BCUT2D eigenvalue weighted by Crippen LogP contribution is 2.17. The highest BCUT2D eigenvalue weighted by molar-refractivity contribution is 5.77. The van der Waals surface area contributed by atoms with Crippen LogP contribution in [0.15, 0.2) is 0 Å². The number of amides is 1. The molecule has 1 amide bonds. The van der Waals surface area contributed by atoms with Crippen LogP contribution in [0.4, 0.5) is 0 Å². The predicted octanol–water partition coefficient (Wildman–Crippen LogP) is 0.213. The van der Waals surface area contributed by atoms with E-state index in [2.05, 4.69) is 15.5 Å². The number of nitrogens with one attached hydrogen (secondary N) is 2. The molecule has 0 aromatic heterocycles. The summed E-state index contributed by atoms with van der Waals surface area (Å²) in [7, 11) is 3.73. The maximum atomic E-state index is 11.6. The summed E-state index contributed by atoms with van der Waals surface area (Å²) in [6.45, 7) is 3.64. The summed E-state index contributed by atoms with van der Waals surface area (Å²) in [5, 5.41) is 6.24. The van der Waals surface area contributed by atoms with E-state index in [9.17, 15) is 4.79 Å². The molecule has 1 saturated carbocycles. The lowest BCUT2D eigenvalue weighted by molar-refractivity contribution is -0.120. The molecule has 0 aromatic carbocycles. The van der Waals surface area contributed by atoms with E-state index in [0.717, 1.165) is 19.7 Å². The van der Waals surface area contributed by atoms with E-state index in [1.54, 1.807) is 7.11 Å². The number of ether oxygens (including phenoxy) is 1. The molecular formula is C13H27N3O2. The quantitative estimate of drug-likeness (QED) is 0.620. The first-order valence-electron chi connectivity index (χ1n) is 6.90. The molecule has 1 fully saturated rings. The molecule has 106 valence electrons. The summed E-state index contributed by atoms with van der Waals surface area (Å²) in [4.78, 5) is 13.7. The molecule has 1 aliphatic carbocycles. The third kappa shape index (κ3) is 6.93. The standard InChI is InChI=1S/C13H27N3O2/c1-16(9-10-18-2)8-7-14-13(17)11-15-12-5-3-4-6-12/h12,15H,3-11H2,1-2H3,(H,14,17). The van der Waals surface area contributed by atoms with Gasteiger partial charge in [0, 0.05) is 32.8 Å². The van der Waals surface area contributed by atoms with Crippen LogP contribution in [0, 0.1) is 0 Å². The molecule has 18 heavy (non-hydrogen) atoms. The molecule has 0 atom stereocenters. The lowest BCUT2D eigenvalue weighted by Gasteiger charge is -2.16. The van der Waals surface area contributed by atoms with Gasteiger partial charge in [-0.05, 0) is 19.9 Å². The Hall–Kier alpha value is -0.650. The zero-order valence-electron chi connectivity index (χ0n) is 11.7. The number of likely N-dealkylation sites (N-methyl/N-ethyl adjacent to an activating group) is 1. The van der Waals surface area contributed by atoms with E-state index in [1.165, 1.54) is 25.7 Å². The van der Waals surface area contributed by atoms with E-state index >= 15 is 0 Å². The predicted molar refractivity (Wildman–Crippen MR) is 72.6 cm³/mol. The van der Waals surface area contributed by atoms with Gasteiger partial charge in [-0.1, -0.05) is 12.8 Å². The Morgan fingerprint density at radius 2 is 2.06 bits per heavy atom. The average molecular weight is 257 g/mol. The molecule has 0 aliphatic heterocycles. The van der Waals surface area contributed by atoms with E-state index in [-0.39, 0.29) is 5.91 Å². The maximum Gasteiger partial charge on any atom is 0.234 e. The summed E-state index contributed by atoms with van der Waals surface area (Å²) in [5.74, 6) is 0.0991. The topological polar surface area (TPSA) is 53.6 Å². The highest BCUT2D eigenvalue weighted by atomic mass is 16.5. The van der Waals surface area contributed by atoms with Crippen molar-refractivity contribution in [3.05, 3.63) is 0 Å². The van der Waals surface area contributed by atoms with Crippen molar-refractivity contribution in [3.63, 3.8) is 0 Å². The van der Waals surface area contributed by atoms with Gasteiger partial charge < -0.3 is 20.3 Å². The van der Waals surface area contributed by atoms with Crippen LogP contribution >= 0.6 is 0 Å². The lowest BCUT2D eigenvalue weighted by atomic mass is 10.2. The minimum Gasteiger partial charge on any atom is -0.383 e. The van der Waals surface area contributed by atoms with Crippen molar-refractivity contribution in [3.8, 4) is 0 Å². The van der Waals surface area contributed by atoms with Crippen LogP contribution in [0.25, 0.3) is 0 Å². The Morgan fingerprint density at radius 1 is 1.33 bits per heavy atom. The first kappa shape index (κ1) is 15.4. The van der Waals surface area contributed by atoms with Gasteiger partial charge in [0.15, 0.2) is 0 Å². The summed E-state index contributed by atoms with van der Waals surface area (Å²) in [5.41, 5.74) is 0. The summed E-state index contributed by atoms with van der Waals surface area (Å²) in [6.07, 6.45) is 5.02. The largest absolute Gasteiger partial charge is 0.383 e. The Bertz CT molecular complexity index is 230. The van der Waals surface area contributed by atoms with Crippen LogP contribution < -0.4 is 10.6 Å². The lowest BCUT2D eigenvalue weighted by Crippen LogP contribution is -2.41. The van der Waals surface area contributed by atoms with Crippen LogP contribution in [0.5, 0.6) is 0 Å². The van der Waals surface area contributed by atoms with Gasteiger partial charge in [0.1, 0.15) is 0 Å². The summed E-state index contributed by atoms with van der Waals surface area (Å²) in [6, 6.07) is 0.556. The average Bonchev–Trinajstić information content (AvgIpc) is 2.87. The minimum atomic E-state index is 0.0991. The highest BCUT2D eigenvalue weighted by Gasteiger charge is 2.14. The number of rotatable bonds is 9. The SMILES string of the molecule is COCCN(C)CCNC(=O)CNC1CCCC1. The van der Waals surface area contributed by atoms with Crippen molar-refractivity contribution < 1.29 is 9.53 Å². The molecule has 0 radical (unpaired) electrons. The van der Waals surface area contributed by atoms with Gasteiger partial charge in [0.05, 0.1) is 13.2 Å². The molecule has 0 bridgehead atoms. The second-order valence-electron chi connectivity index (χ2n) is 5.01. The second kappa shape index (κ2) is 9.30. The normalized spacial score (nSPS) is 16.4. The van der Waals surface area contributed by atoms with Gasteiger partial charge in [0.25, 0.3) is 0 Å². The number of nitrogens with zero attached hydrogens (tertiary/aromatic N) is 1. The molecule has 0 heterocycles. The smallest absolute Gasteiger partial charge is 0.234 e. The number of carbonyl (C=O) groups excluding carboxylic acids is 1. The molecule has 0 unspecified atom stereocenters. The molecule has 1 rings (SSSR count). The van der Waals surface area contributed by atoms with Crippen LogP contribution in [0.3, 0.4) is 0 Å². The third-order valence-corrected chi connectivity index (χ3v) is 3.40. The zero-order chi connectivity index (χ0) is 13.2. The Kier molecular flexibility index (Phi) is 7.96. The fraction of sp³-hybridized carbons (Fsp3) is 0.923. The Labute approximate surface area is 110 Å². The summed E-state index contributed by atoms with van der Waals surface area (Å²) < 4.78 is 5.00. The van der Waals surface area contributed by atoms with Gasteiger partial charge in [-0.2, -0.15) is 0 Å². The number of carbonyl (C=O) groups is 1. The van der Waals surface area contributed by atoms with Crippen molar-refractivity contribution in [1.82, 2.24) is 15.5 Å². The molecule has 0 aromatic rings. The van der Waals surface area contributed by atoms with E-state index in [4.69, 9.17) is 4.74 Å². The molecule has 0 spiro atoms. The molecule has 1 aliphatic rings. The maximum absolute atomic E-state index is 11.6. The van der Waals surface area contributed by atoms with Crippen LogP contribution in [-0.4, -0.2) is 63.8 Å². The second-order valence-corrected chi connectivity index (χ2v) is 5.01. The molecule has 2 N–H and O–H groups in total. The first-order chi connectivity index (χ1) is 8.72. The number of methoxy groups -OCH3 is 1. The minimum absolute atomic E-state index is 0.0991. The molecule has 0 saturated heterocycles. The Morgan fingerprint density at radius 3 is 2.72 bits per heavy atom. The summed E-state index contributed by atoms with van der Waals surface area (Å²) >= 11 is 0. The van der Waals surface area contributed by atoms with Crippen LogP contribution in [0.1, 0.15) is 25.7 Å². The van der Waals surface area contributed by atoms with E-state index in [0.29, 0.717) is 19.1 Å². The molecule has 5 heteroatoms. The fourth-order valence-electron chi connectivity index (χ4n) is 2.17. The van der Waals surface area contributed by atoms with Crippen molar-refractivity contribution in [2.75, 3.05) is 46.9 Å². The third-order valence-electron chi connectivity index (χ3n) is 3.40. The van der Waals surface area contributed by atoms with Crippen LogP contribution in [0.2, 0.25) is 0 Å². The van der Waals surface area contributed by atoms with Crippen molar-refractivity contribution in [1.29, 1.82) is 0 Å². The number of hydrogen-bond donors (Lipinski definition) is 2. The van der Waals surface area contributed by atoms with E-state index < -0.39 is 0 Å². The Balaban J connectivity index is 1.95. The molecular weight excluding hydrogens is 230 g/mol. The monoisotopic (exact) mass is 257 g/mol. The zero-order valence-corrected chi connectivity index (χ0v) is 11.7. The first-order valence-corrected chi connectivity index (χ1v) is 6.90.